The molecule has 2 amide bonds. The lowest BCUT2D eigenvalue weighted by Crippen LogP contribution is -2.28. The van der Waals surface area contributed by atoms with E-state index >= 15 is 0 Å². The van der Waals surface area contributed by atoms with Crippen molar-refractivity contribution in [1.82, 2.24) is 10.3 Å². The maximum atomic E-state index is 13.9. The van der Waals surface area contributed by atoms with Crippen LogP contribution in [0.3, 0.4) is 0 Å². The normalized spacial score (nSPS) is 11.8. The molecule has 0 spiro atoms. The van der Waals surface area contributed by atoms with Crippen LogP contribution in [-0.4, -0.2) is 36.7 Å². The highest BCUT2D eigenvalue weighted by Crippen LogP contribution is 2.35. The van der Waals surface area contributed by atoms with Crippen LogP contribution in [0.1, 0.15) is 41.8 Å². The average molecular weight is 525 g/mol. The predicted octanol–water partition coefficient (Wildman–Crippen LogP) is 4.75. The van der Waals surface area contributed by atoms with E-state index < -0.39 is 36.4 Å². The number of oxazole rings is 1. The van der Waals surface area contributed by atoms with E-state index in [9.17, 15) is 27.2 Å². The molecular weight excluding hydrogens is 502 g/mol. The number of nitrogens with two attached hydrogens (primary N) is 1. The first-order chi connectivity index (χ1) is 17.6. The molecule has 37 heavy (non-hydrogen) atoms. The number of amides is 2. The number of benzene rings is 2. The number of rotatable bonds is 11. The minimum absolute atomic E-state index is 0.0196. The molecule has 0 saturated carbocycles. The monoisotopic (exact) mass is 525 g/mol. The van der Waals surface area contributed by atoms with Crippen LogP contribution in [0.2, 0.25) is 0 Å². The van der Waals surface area contributed by atoms with Crippen LogP contribution in [0.25, 0.3) is 11.5 Å². The quantitative estimate of drug-likeness (QED) is 0.346. The Morgan fingerprint density at radius 3 is 2.54 bits per heavy atom. The second kappa shape index (κ2) is 12.1. The zero-order chi connectivity index (χ0) is 27.1. The van der Waals surface area contributed by atoms with Crippen LogP contribution in [0, 0.1) is 11.6 Å². The summed E-state index contributed by atoms with van der Waals surface area (Å²) in [4.78, 5) is 28.3. The van der Waals surface area contributed by atoms with Gasteiger partial charge in [0.1, 0.15) is 11.6 Å². The van der Waals surface area contributed by atoms with Crippen molar-refractivity contribution in [2.45, 2.75) is 33.0 Å². The molecule has 198 valence electrons. The molecule has 3 rings (SSSR count). The second-order valence-corrected chi connectivity index (χ2v) is 7.53. The number of hydrogen-bond donors (Lipinski definition) is 2. The molecule has 1 heterocycles. The average Bonchev–Trinajstić information content (AvgIpc) is 3.27. The van der Waals surface area contributed by atoms with E-state index in [1.807, 2.05) is 0 Å². The summed E-state index contributed by atoms with van der Waals surface area (Å²) in [5.41, 5.74) is 5.24. The van der Waals surface area contributed by atoms with Crippen molar-refractivity contribution in [1.29, 1.82) is 0 Å². The molecule has 3 aromatic rings. The van der Waals surface area contributed by atoms with Gasteiger partial charge in [-0.1, -0.05) is 6.07 Å². The lowest BCUT2D eigenvalue weighted by Gasteiger charge is -2.12. The Kier molecular flexibility index (Phi) is 8.93. The van der Waals surface area contributed by atoms with E-state index in [4.69, 9.17) is 19.6 Å². The van der Waals surface area contributed by atoms with Gasteiger partial charge in [0.2, 0.25) is 5.89 Å². The Labute approximate surface area is 208 Å². The molecule has 9 nitrogen and oxygen atoms in total. The number of halogens is 4. The van der Waals surface area contributed by atoms with Crippen molar-refractivity contribution in [2.24, 2.45) is 5.73 Å². The van der Waals surface area contributed by atoms with Crippen LogP contribution in [0.15, 0.2) is 40.8 Å². The third kappa shape index (κ3) is 7.12. The lowest BCUT2D eigenvalue weighted by molar-refractivity contribution is -0.0514. The molecule has 1 atom stereocenters. The summed E-state index contributed by atoms with van der Waals surface area (Å²) in [6.45, 7) is 0.0631. The number of hydrogen-bond acceptors (Lipinski definition) is 7. The number of primary amides is 1. The van der Waals surface area contributed by atoms with Crippen molar-refractivity contribution in [3.63, 3.8) is 0 Å². The van der Waals surface area contributed by atoms with Gasteiger partial charge in [-0.2, -0.15) is 8.78 Å². The first kappa shape index (κ1) is 27.3. The molecule has 0 aliphatic carbocycles. The van der Waals surface area contributed by atoms with E-state index in [2.05, 4.69) is 15.0 Å². The largest absolute Gasteiger partial charge is 0.490 e. The first-order valence-electron chi connectivity index (χ1n) is 11.0. The number of ether oxygens (including phenoxy) is 3. The smallest absolute Gasteiger partial charge is 0.405 e. The molecular formula is C24H23F4N3O6. The summed E-state index contributed by atoms with van der Waals surface area (Å²) in [5.74, 6) is -2.73. The zero-order valence-corrected chi connectivity index (χ0v) is 19.7. The number of aromatic nitrogens is 1. The van der Waals surface area contributed by atoms with Gasteiger partial charge in [0.05, 0.1) is 6.61 Å². The third-order valence-corrected chi connectivity index (χ3v) is 4.93. The SMILES string of the molecule is CCOc1cc(-c2nc(C(=O)NCCc3ccc(F)cc3F)c([C@H](C)OC(N)=O)o2)ccc1OC(F)F. The Morgan fingerprint density at radius 2 is 1.89 bits per heavy atom. The number of alkyl halides is 2. The fourth-order valence-corrected chi connectivity index (χ4v) is 3.34. The molecule has 0 radical (unpaired) electrons. The van der Waals surface area contributed by atoms with E-state index in [1.165, 1.54) is 31.2 Å². The third-order valence-electron chi connectivity index (χ3n) is 4.93. The van der Waals surface area contributed by atoms with Crippen LogP contribution in [0.5, 0.6) is 11.5 Å². The van der Waals surface area contributed by atoms with Crippen LogP contribution in [-0.2, 0) is 11.2 Å². The highest BCUT2D eigenvalue weighted by Gasteiger charge is 2.27. The zero-order valence-electron chi connectivity index (χ0n) is 19.7. The van der Waals surface area contributed by atoms with E-state index in [0.29, 0.717) is 0 Å². The molecule has 0 saturated heterocycles. The molecule has 0 unspecified atom stereocenters. The van der Waals surface area contributed by atoms with Crippen molar-refractivity contribution < 1.29 is 45.8 Å². The number of carbonyl (C=O) groups excluding carboxylic acids is 2. The summed E-state index contributed by atoms with van der Waals surface area (Å²) in [6, 6.07) is 6.99. The molecule has 13 heteroatoms. The summed E-state index contributed by atoms with van der Waals surface area (Å²) in [7, 11) is 0. The number of carbonyl (C=O) groups is 2. The Morgan fingerprint density at radius 1 is 1.14 bits per heavy atom. The summed E-state index contributed by atoms with van der Waals surface area (Å²) in [6.07, 6.45) is -2.20. The molecule has 0 fully saturated rings. The summed E-state index contributed by atoms with van der Waals surface area (Å²) >= 11 is 0. The molecule has 0 aliphatic rings. The molecule has 3 N–H and O–H groups in total. The first-order valence-corrected chi connectivity index (χ1v) is 11.0. The van der Waals surface area contributed by atoms with Gasteiger partial charge in [-0.3, -0.25) is 4.79 Å². The van der Waals surface area contributed by atoms with Crippen molar-refractivity contribution in [3.8, 4) is 23.0 Å². The van der Waals surface area contributed by atoms with Crippen molar-refractivity contribution >= 4 is 12.0 Å². The lowest BCUT2D eigenvalue weighted by atomic mass is 10.1. The predicted molar refractivity (Wildman–Crippen MR) is 121 cm³/mol. The Balaban J connectivity index is 1.88. The summed E-state index contributed by atoms with van der Waals surface area (Å²) < 4.78 is 72.8. The van der Waals surface area contributed by atoms with E-state index in [0.717, 1.165) is 12.1 Å². The van der Waals surface area contributed by atoms with Gasteiger partial charge in [-0.05, 0) is 50.1 Å². The fraction of sp³-hybridized carbons (Fsp3) is 0.292. The van der Waals surface area contributed by atoms with Gasteiger partial charge >= 0.3 is 12.7 Å². The molecule has 2 aromatic carbocycles. The minimum Gasteiger partial charge on any atom is -0.490 e. The molecule has 0 aliphatic heterocycles. The van der Waals surface area contributed by atoms with Gasteiger partial charge in [0, 0.05) is 18.2 Å². The number of nitrogens with one attached hydrogen (secondary N) is 1. The Hall–Kier alpha value is -4.29. The van der Waals surface area contributed by atoms with Crippen LogP contribution < -0.4 is 20.5 Å². The minimum atomic E-state index is -3.08. The second-order valence-electron chi connectivity index (χ2n) is 7.53. The van der Waals surface area contributed by atoms with E-state index in [1.54, 1.807) is 6.92 Å². The topological polar surface area (TPSA) is 126 Å². The standard InChI is InChI=1S/C24H23F4N3O6/c1-3-34-18-10-14(5-7-17(18)36-23(27)28)22-31-19(20(37-22)12(2)35-24(29)33)21(32)30-9-8-13-4-6-15(25)11-16(13)26/h4-7,10-12,23H,3,8-9H2,1-2H3,(H2,29,33)(H,30,32)/t12-/m0/s1. The maximum absolute atomic E-state index is 13.9. The van der Waals surface area contributed by atoms with Gasteiger partial charge in [0.25, 0.3) is 5.91 Å². The fourth-order valence-electron chi connectivity index (χ4n) is 3.34. The van der Waals surface area contributed by atoms with Crippen molar-refractivity contribution in [2.75, 3.05) is 13.2 Å². The summed E-state index contributed by atoms with van der Waals surface area (Å²) in [5, 5.41) is 2.54. The highest BCUT2D eigenvalue weighted by molar-refractivity contribution is 5.94. The van der Waals surface area contributed by atoms with Gasteiger partial charge < -0.3 is 29.7 Å². The maximum Gasteiger partial charge on any atom is 0.405 e. The van der Waals surface area contributed by atoms with Gasteiger partial charge in [-0.15, -0.1) is 0 Å². The van der Waals surface area contributed by atoms with Gasteiger partial charge in [0.15, 0.2) is 29.1 Å². The van der Waals surface area contributed by atoms with Crippen molar-refractivity contribution in [3.05, 3.63) is 65.1 Å². The highest BCUT2D eigenvalue weighted by atomic mass is 19.3. The van der Waals surface area contributed by atoms with E-state index in [-0.39, 0.29) is 59.5 Å². The number of nitrogens with zero attached hydrogens (tertiary/aromatic N) is 1. The molecule has 1 aromatic heterocycles. The van der Waals surface area contributed by atoms with Crippen LogP contribution in [0.4, 0.5) is 22.4 Å². The van der Waals surface area contributed by atoms with Gasteiger partial charge in [-0.25, -0.2) is 18.6 Å². The van der Waals surface area contributed by atoms with Crippen LogP contribution >= 0.6 is 0 Å². The molecule has 0 bridgehead atoms. The Bertz CT molecular complexity index is 1270.